The van der Waals surface area contributed by atoms with Gasteiger partial charge in [0.05, 0.1) is 6.42 Å². The highest BCUT2D eigenvalue weighted by Crippen LogP contribution is 2.22. The summed E-state index contributed by atoms with van der Waals surface area (Å²) in [5.74, 6) is -0.138. The summed E-state index contributed by atoms with van der Waals surface area (Å²) in [7, 11) is 1.57. The third kappa shape index (κ3) is 4.39. The van der Waals surface area contributed by atoms with Crippen LogP contribution in [0, 0.1) is 5.92 Å². The van der Waals surface area contributed by atoms with Crippen molar-refractivity contribution in [1.29, 1.82) is 0 Å². The minimum atomic E-state index is -0.989. The quantitative estimate of drug-likeness (QED) is 0.643. The number of hydrogen-bond acceptors (Lipinski definition) is 6. The van der Waals surface area contributed by atoms with E-state index >= 15 is 0 Å². The molecule has 30 heavy (non-hydrogen) atoms. The fourth-order valence-corrected chi connectivity index (χ4v) is 3.59. The summed E-state index contributed by atoms with van der Waals surface area (Å²) >= 11 is 0. The molecule has 1 aliphatic heterocycles. The van der Waals surface area contributed by atoms with Gasteiger partial charge in [-0.1, -0.05) is 13.8 Å². The maximum absolute atomic E-state index is 12.5. The Labute approximate surface area is 172 Å². The average Bonchev–Trinajstić information content (AvgIpc) is 3.09. The van der Waals surface area contributed by atoms with Crippen LogP contribution in [0.5, 0.6) is 0 Å². The van der Waals surface area contributed by atoms with E-state index in [2.05, 4.69) is 23.8 Å². The number of carboxylic acid groups (broad SMARTS) is 1. The molecule has 0 saturated carbocycles. The first-order valence-electron chi connectivity index (χ1n) is 10.1. The monoisotopic (exact) mass is 420 g/mol. The molecule has 0 atom stereocenters. The third-order valence-corrected chi connectivity index (χ3v) is 5.38. The highest BCUT2D eigenvalue weighted by atomic mass is 16.4. The number of imidazole rings is 1. The lowest BCUT2D eigenvalue weighted by Gasteiger charge is -2.35. The van der Waals surface area contributed by atoms with Crippen LogP contribution in [0.25, 0.3) is 11.2 Å². The number of aromatic nitrogens is 4. The topological polar surface area (TPSA) is 134 Å². The first-order chi connectivity index (χ1) is 14.2. The molecule has 0 spiro atoms. The fraction of sp³-hybridized carbons (Fsp3) is 0.632. The number of carbonyl (C=O) groups excluding carboxylic acids is 1. The Hall–Kier alpha value is -3.11. The second kappa shape index (κ2) is 8.72. The number of anilines is 1. The number of aromatic amines is 1. The number of fused-ring (bicyclic) bond motifs is 1. The lowest BCUT2D eigenvalue weighted by molar-refractivity contribution is -0.141. The third-order valence-electron chi connectivity index (χ3n) is 5.38. The molecule has 0 unspecified atom stereocenters. The number of rotatable bonds is 7. The van der Waals surface area contributed by atoms with Gasteiger partial charge in [-0.2, -0.15) is 4.98 Å². The Kier molecular flexibility index (Phi) is 6.28. The van der Waals surface area contributed by atoms with Crippen molar-refractivity contribution >= 4 is 29.0 Å². The smallest absolute Gasteiger partial charge is 0.329 e. The Bertz CT molecular complexity index is 1060. The standard InChI is InChI=1S/C19H28N6O5/c1-12(2)6-7-25-15-16(22(3)19(30)21-17(15)29)20-18(25)24-10-8-23(9-11-24)13(26)4-5-14(27)28/h12H,4-11H2,1-3H3,(H,27,28)(H,21,29,30). The molecule has 1 saturated heterocycles. The van der Waals surface area contributed by atoms with E-state index in [0.717, 1.165) is 6.42 Å². The van der Waals surface area contributed by atoms with E-state index in [1.807, 2.05) is 9.47 Å². The van der Waals surface area contributed by atoms with E-state index in [9.17, 15) is 19.2 Å². The molecule has 0 aliphatic carbocycles. The number of piperazine rings is 1. The zero-order valence-corrected chi connectivity index (χ0v) is 17.6. The zero-order valence-electron chi connectivity index (χ0n) is 17.6. The minimum Gasteiger partial charge on any atom is -0.481 e. The SMILES string of the molecule is CC(C)CCn1c(N2CCN(C(=O)CCC(=O)O)CC2)nc2c1c(=O)[nH]c(=O)n2C. The molecule has 0 bridgehead atoms. The van der Waals surface area contributed by atoms with Gasteiger partial charge in [-0.15, -0.1) is 0 Å². The summed E-state index contributed by atoms with van der Waals surface area (Å²) in [5, 5.41) is 8.76. The molecule has 1 aliphatic rings. The van der Waals surface area contributed by atoms with Crippen molar-refractivity contribution in [3.05, 3.63) is 20.8 Å². The van der Waals surface area contributed by atoms with Gasteiger partial charge in [0.15, 0.2) is 11.2 Å². The van der Waals surface area contributed by atoms with Crippen molar-refractivity contribution in [2.75, 3.05) is 31.1 Å². The van der Waals surface area contributed by atoms with Crippen molar-refractivity contribution in [2.24, 2.45) is 13.0 Å². The number of carboxylic acids is 1. The molecule has 164 valence electrons. The molecular weight excluding hydrogens is 392 g/mol. The van der Waals surface area contributed by atoms with Gasteiger partial charge in [0.25, 0.3) is 5.56 Å². The van der Waals surface area contributed by atoms with Gasteiger partial charge in [-0.3, -0.25) is 23.9 Å². The van der Waals surface area contributed by atoms with E-state index < -0.39 is 17.2 Å². The van der Waals surface area contributed by atoms with Gasteiger partial charge in [-0.05, 0) is 12.3 Å². The molecule has 0 aromatic carbocycles. The van der Waals surface area contributed by atoms with Crippen LogP contribution in [0.2, 0.25) is 0 Å². The maximum atomic E-state index is 12.5. The zero-order chi connectivity index (χ0) is 22.0. The van der Waals surface area contributed by atoms with Crippen LogP contribution in [0.1, 0.15) is 33.1 Å². The highest BCUT2D eigenvalue weighted by molar-refractivity contribution is 5.81. The predicted octanol–water partition coefficient (Wildman–Crippen LogP) is -0.0172. The van der Waals surface area contributed by atoms with Crippen molar-refractivity contribution in [2.45, 2.75) is 39.7 Å². The van der Waals surface area contributed by atoms with Crippen molar-refractivity contribution in [3.8, 4) is 0 Å². The summed E-state index contributed by atoms with van der Waals surface area (Å²) in [4.78, 5) is 58.0. The summed E-state index contributed by atoms with van der Waals surface area (Å²) < 4.78 is 3.19. The largest absolute Gasteiger partial charge is 0.481 e. The fourth-order valence-electron chi connectivity index (χ4n) is 3.59. The van der Waals surface area contributed by atoms with Crippen molar-refractivity contribution in [3.63, 3.8) is 0 Å². The molecule has 11 nitrogen and oxygen atoms in total. The summed E-state index contributed by atoms with van der Waals surface area (Å²) in [6, 6.07) is 0. The minimum absolute atomic E-state index is 0.0142. The van der Waals surface area contributed by atoms with Crippen LogP contribution in [0.4, 0.5) is 5.95 Å². The Morgan fingerprint density at radius 3 is 2.40 bits per heavy atom. The molecule has 2 aromatic rings. The molecule has 1 fully saturated rings. The van der Waals surface area contributed by atoms with Gasteiger partial charge < -0.3 is 19.5 Å². The number of aliphatic carboxylic acids is 1. The van der Waals surface area contributed by atoms with Crippen LogP contribution < -0.4 is 16.1 Å². The van der Waals surface area contributed by atoms with E-state index in [4.69, 9.17) is 5.11 Å². The molecule has 2 aromatic heterocycles. The number of nitrogens with zero attached hydrogens (tertiary/aromatic N) is 5. The number of aryl methyl sites for hydroxylation is 2. The number of nitrogens with one attached hydrogen (secondary N) is 1. The van der Waals surface area contributed by atoms with Gasteiger partial charge in [0.1, 0.15) is 0 Å². The lowest BCUT2D eigenvalue weighted by atomic mass is 10.1. The van der Waals surface area contributed by atoms with Gasteiger partial charge in [-0.25, -0.2) is 4.79 Å². The van der Waals surface area contributed by atoms with Crippen molar-refractivity contribution < 1.29 is 14.7 Å². The van der Waals surface area contributed by atoms with Crippen molar-refractivity contribution in [1.82, 2.24) is 24.0 Å². The summed E-state index contributed by atoms with van der Waals surface area (Å²) in [5.41, 5.74) is -0.269. The molecule has 3 heterocycles. The molecular formula is C19H28N6O5. The summed E-state index contributed by atoms with van der Waals surface area (Å²) in [6.45, 7) is 6.69. The lowest BCUT2D eigenvalue weighted by Crippen LogP contribution is -2.49. The van der Waals surface area contributed by atoms with Gasteiger partial charge in [0.2, 0.25) is 11.9 Å². The first-order valence-corrected chi connectivity index (χ1v) is 10.1. The average molecular weight is 420 g/mol. The van der Waals surface area contributed by atoms with E-state index in [0.29, 0.717) is 55.8 Å². The number of hydrogen-bond donors (Lipinski definition) is 2. The Morgan fingerprint density at radius 2 is 1.80 bits per heavy atom. The number of carbonyl (C=O) groups is 2. The van der Waals surface area contributed by atoms with Crippen LogP contribution in [0.3, 0.4) is 0 Å². The second-order valence-corrected chi connectivity index (χ2v) is 8.00. The highest BCUT2D eigenvalue weighted by Gasteiger charge is 2.26. The Morgan fingerprint density at radius 1 is 1.13 bits per heavy atom. The van der Waals surface area contributed by atoms with Crippen LogP contribution in [-0.2, 0) is 23.2 Å². The molecule has 11 heteroatoms. The normalized spacial score (nSPS) is 14.7. The second-order valence-electron chi connectivity index (χ2n) is 8.00. The number of amides is 1. The molecule has 3 rings (SSSR count). The molecule has 2 N–H and O–H groups in total. The molecule has 1 amide bonds. The van der Waals surface area contributed by atoms with E-state index in [-0.39, 0.29) is 18.7 Å². The van der Waals surface area contributed by atoms with Gasteiger partial charge >= 0.3 is 11.7 Å². The van der Waals surface area contributed by atoms with E-state index in [1.54, 1.807) is 11.9 Å². The van der Waals surface area contributed by atoms with E-state index in [1.165, 1.54) is 4.57 Å². The maximum Gasteiger partial charge on any atom is 0.329 e. The van der Waals surface area contributed by atoms with Gasteiger partial charge in [0, 0.05) is 46.2 Å². The Balaban J connectivity index is 1.88. The number of H-pyrrole nitrogens is 1. The van der Waals surface area contributed by atoms with Crippen LogP contribution >= 0.6 is 0 Å². The van der Waals surface area contributed by atoms with Crippen LogP contribution in [-0.4, -0.2) is 67.2 Å². The first kappa shape index (κ1) is 21.6. The van der Waals surface area contributed by atoms with Crippen LogP contribution in [0.15, 0.2) is 9.59 Å². The summed E-state index contributed by atoms with van der Waals surface area (Å²) in [6.07, 6.45) is 0.648. The molecule has 0 radical (unpaired) electrons. The predicted molar refractivity (Wildman–Crippen MR) is 111 cm³/mol.